The Morgan fingerprint density at radius 2 is 2.17 bits per heavy atom. The number of nitrogens with zero attached hydrogens (tertiary/aromatic N) is 1. The van der Waals surface area contributed by atoms with Crippen LogP contribution in [0.4, 0.5) is 4.39 Å². The van der Waals surface area contributed by atoms with Gasteiger partial charge in [-0.1, -0.05) is 6.92 Å². The van der Waals surface area contributed by atoms with Crippen molar-refractivity contribution < 1.29 is 19.1 Å². The summed E-state index contributed by atoms with van der Waals surface area (Å²) in [5, 5.41) is 9.88. The summed E-state index contributed by atoms with van der Waals surface area (Å²) in [6, 6.07) is 4.58. The Balaban J connectivity index is 1.76. The fourth-order valence-electron chi connectivity index (χ4n) is 2.78. The second kappa shape index (κ2) is 6.02. The fourth-order valence-corrected chi connectivity index (χ4v) is 2.78. The molecule has 1 amide bonds. The number of aromatic nitrogens is 1. The minimum atomic E-state index is -0.897. The van der Waals surface area contributed by atoms with Gasteiger partial charge in [-0.15, -0.1) is 0 Å². The summed E-state index contributed by atoms with van der Waals surface area (Å²) in [7, 11) is 0. The highest BCUT2D eigenvalue weighted by Crippen LogP contribution is 2.29. The van der Waals surface area contributed by atoms with Gasteiger partial charge in [0.05, 0.1) is 12.3 Å². The van der Waals surface area contributed by atoms with E-state index in [2.05, 4.69) is 4.98 Å². The Morgan fingerprint density at radius 3 is 2.83 bits per heavy atom. The van der Waals surface area contributed by atoms with E-state index in [0.29, 0.717) is 5.52 Å². The number of rotatable bonds is 6. The maximum absolute atomic E-state index is 13.2. The number of aromatic amines is 1. The zero-order valence-corrected chi connectivity index (χ0v) is 12.9. The first-order valence-electron chi connectivity index (χ1n) is 7.73. The highest BCUT2D eigenvalue weighted by Gasteiger charge is 2.34. The number of aliphatic carboxylic acids is 1. The van der Waals surface area contributed by atoms with Crippen LogP contribution in [0.25, 0.3) is 10.9 Å². The lowest BCUT2D eigenvalue weighted by molar-refractivity contribution is -0.143. The topological polar surface area (TPSA) is 73.4 Å². The molecule has 122 valence electrons. The second-order valence-corrected chi connectivity index (χ2v) is 6.20. The number of carbonyl (C=O) groups is 2. The predicted molar refractivity (Wildman–Crippen MR) is 83.5 cm³/mol. The largest absolute Gasteiger partial charge is 0.481 e. The highest BCUT2D eigenvalue weighted by molar-refractivity contribution is 5.89. The van der Waals surface area contributed by atoms with Crippen LogP contribution in [0.15, 0.2) is 24.4 Å². The minimum absolute atomic E-state index is 0.0779. The third-order valence-electron chi connectivity index (χ3n) is 4.27. The van der Waals surface area contributed by atoms with E-state index in [1.165, 1.54) is 12.1 Å². The SMILES string of the molecule is CC(CN(C(=O)Cc1c[nH]c2cc(F)ccc12)C1CC1)C(=O)O. The van der Waals surface area contributed by atoms with Crippen LogP contribution < -0.4 is 0 Å². The molecule has 0 radical (unpaired) electrons. The first kappa shape index (κ1) is 15.5. The number of H-pyrrole nitrogens is 1. The summed E-state index contributed by atoms with van der Waals surface area (Å²) in [6.07, 6.45) is 3.76. The van der Waals surface area contributed by atoms with Crippen molar-refractivity contribution in [3.05, 3.63) is 35.8 Å². The number of carboxylic acid groups (broad SMARTS) is 1. The number of hydrogen-bond acceptors (Lipinski definition) is 2. The average molecular weight is 318 g/mol. The van der Waals surface area contributed by atoms with Crippen molar-refractivity contribution in [3.8, 4) is 0 Å². The van der Waals surface area contributed by atoms with Crippen molar-refractivity contribution in [2.45, 2.75) is 32.2 Å². The zero-order valence-electron chi connectivity index (χ0n) is 12.9. The summed E-state index contributed by atoms with van der Waals surface area (Å²) in [4.78, 5) is 28.3. The van der Waals surface area contributed by atoms with Crippen LogP contribution in [0.3, 0.4) is 0 Å². The molecular formula is C17H19FN2O3. The van der Waals surface area contributed by atoms with Gasteiger partial charge in [-0.3, -0.25) is 9.59 Å². The first-order valence-corrected chi connectivity index (χ1v) is 7.73. The Bertz CT molecular complexity index is 751. The summed E-state index contributed by atoms with van der Waals surface area (Å²) in [6.45, 7) is 1.84. The molecule has 1 aromatic heterocycles. The van der Waals surface area contributed by atoms with E-state index in [9.17, 15) is 14.0 Å². The average Bonchev–Trinajstić information content (AvgIpc) is 3.27. The van der Waals surface area contributed by atoms with Crippen LogP contribution in [0.1, 0.15) is 25.3 Å². The molecule has 0 saturated heterocycles. The van der Waals surface area contributed by atoms with Crippen LogP contribution in [0.5, 0.6) is 0 Å². The smallest absolute Gasteiger partial charge is 0.308 e. The number of hydrogen-bond donors (Lipinski definition) is 2. The van der Waals surface area contributed by atoms with E-state index >= 15 is 0 Å². The van der Waals surface area contributed by atoms with Crippen molar-refractivity contribution in [3.63, 3.8) is 0 Å². The third-order valence-corrected chi connectivity index (χ3v) is 4.27. The van der Waals surface area contributed by atoms with E-state index in [0.717, 1.165) is 23.8 Å². The van der Waals surface area contributed by atoms with Gasteiger partial charge in [0.15, 0.2) is 0 Å². The van der Waals surface area contributed by atoms with Crippen molar-refractivity contribution in [1.82, 2.24) is 9.88 Å². The predicted octanol–water partition coefficient (Wildman–Crippen LogP) is 2.56. The zero-order chi connectivity index (χ0) is 16.6. The number of nitrogens with one attached hydrogen (secondary N) is 1. The maximum Gasteiger partial charge on any atom is 0.308 e. The summed E-state index contributed by atoms with van der Waals surface area (Å²) in [5.74, 6) is -1.89. The van der Waals surface area contributed by atoms with Crippen molar-refractivity contribution in [2.24, 2.45) is 5.92 Å². The van der Waals surface area contributed by atoms with Crippen LogP contribution in [0.2, 0.25) is 0 Å². The molecule has 0 aliphatic heterocycles. The Labute approximate surface area is 133 Å². The monoisotopic (exact) mass is 318 g/mol. The molecule has 1 atom stereocenters. The molecule has 2 N–H and O–H groups in total. The molecule has 0 spiro atoms. The normalized spacial score (nSPS) is 15.6. The standard InChI is InChI=1S/C17H19FN2O3/c1-10(17(22)23)9-20(13-3-4-13)16(21)6-11-8-19-15-7-12(18)2-5-14(11)15/h2,5,7-8,10,13,19H,3-4,6,9H2,1H3,(H,22,23). The van der Waals surface area contributed by atoms with Gasteiger partial charge < -0.3 is 15.0 Å². The molecule has 3 rings (SSSR count). The molecule has 1 unspecified atom stereocenters. The first-order chi connectivity index (χ1) is 11.0. The van der Waals surface area contributed by atoms with E-state index < -0.39 is 11.9 Å². The highest BCUT2D eigenvalue weighted by atomic mass is 19.1. The molecule has 1 aliphatic rings. The van der Waals surface area contributed by atoms with Crippen molar-refractivity contribution in [1.29, 1.82) is 0 Å². The van der Waals surface area contributed by atoms with Crippen LogP contribution >= 0.6 is 0 Å². The number of amides is 1. The van der Waals surface area contributed by atoms with Gasteiger partial charge in [-0.05, 0) is 36.6 Å². The number of carboxylic acids is 1. The van der Waals surface area contributed by atoms with Gasteiger partial charge >= 0.3 is 5.97 Å². The second-order valence-electron chi connectivity index (χ2n) is 6.20. The molecule has 1 saturated carbocycles. The van der Waals surface area contributed by atoms with Gasteiger partial charge in [0.2, 0.25) is 5.91 Å². The van der Waals surface area contributed by atoms with E-state index in [1.807, 2.05) is 0 Å². The van der Waals surface area contributed by atoms with Gasteiger partial charge in [0.1, 0.15) is 5.82 Å². The molecule has 6 heteroatoms. The Hall–Kier alpha value is -2.37. The molecule has 1 fully saturated rings. The van der Waals surface area contributed by atoms with Crippen molar-refractivity contribution in [2.75, 3.05) is 6.54 Å². The van der Waals surface area contributed by atoms with E-state index in [4.69, 9.17) is 5.11 Å². The van der Waals surface area contributed by atoms with Gasteiger partial charge in [0.25, 0.3) is 0 Å². The molecule has 1 heterocycles. The third kappa shape index (κ3) is 3.36. The molecule has 5 nitrogen and oxygen atoms in total. The fraction of sp³-hybridized carbons (Fsp3) is 0.412. The lowest BCUT2D eigenvalue weighted by Gasteiger charge is -2.24. The summed E-state index contributed by atoms with van der Waals surface area (Å²) < 4.78 is 13.2. The molecule has 23 heavy (non-hydrogen) atoms. The number of halogens is 1. The molecule has 1 aromatic carbocycles. The quantitative estimate of drug-likeness (QED) is 0.859. The van der Waals surface area contributed by atoms with Crippen LogP contribution in [-0.4, -0.2) is 39.5 Å². The molecule has 1 aliphatic carbocycles. The summed E-state index contributed by atoms with van der Waals surface area (Å²) >= 11 is 0. The maximum atomic E-state index is 13.2. The lowest BCUT2D eigenvalue weighted by atomic mass is 10.1. The van der Waals surface area contributed by atoms with Gasteiger partial charge in [-0.2, -0.15) is 0 Å². The molecule has 2 aromatic rings. The van der Waals surface area contributed by atoms with E-state index in [1.54, 1.807) is 24.1 Å². The van der Waals surface area contributed by atoms with Crippen LogP contribution in [0, 0.1) is 11.7 Å². The van der Waals surface area contributed by atoms with Crippen molar-refractivity contribution >= 4 is 22.8 Å². The minimum Gasteiger partial charge on any atom is -0.481 e. The number of carbonyl (C=O) groups excluding carboxylic acids is 1. The molecular weight excluding hydrogens is 299 g/mol. The van der Waals surface area contributed by atoms with Gasteiger partial charge in [-0.25, -0.2) is 4.39 Å². The number of fused-ring (bicyclic) bond motifs is 1. The molecule has 0 bridgehead atoms. The summed E-state index contributed by atoms with van der Waals surface area (Å²) in [5.41, 5.74) is 1.46. The van der Waals surface area contributed by atoms with Crippen LogP contribution in [-0.2, 0) is 16.0 Å². The Morgan fingerprint density at radius 1 is 1.43 bits per heavy atom. The van der Waals surface area contributed by atoms with E-state index in [-0.39, 0.29) is 30.7 Å². The lowest BCUT2D eigenvalue weighted by Crippen LogP contribution is -2.39. The van der Waals surface area contributed by atoms with Gasteiger partial charge in [0, 0.05) is 29.7 Å². The Kier molecular flexibility index (Phi) is 4.07. The number of benzene rings is 1.